The highest BCUT2D eigenvalue weighted by Gasteiger charge is 2.78. The zero-order valence-corrected chi connectivity index (χ0v) is 11.6. The first-order valence-corrected chi connectivity index (χ1v) is 6.73. The Hall–Kier alpha value is -1.00. The molecule has 2 fully saturated rings. The second kappa shape index (κ2) is 3.18. The van der Waals surface area contributed by atoms with Crippen LogP contribution in [-0.2, 0) is 9.59 Å². The Morgan fingerprint density at radius 1 is 1.21 bits per heavy atom. The van der Waals surface area contributed by atoms with E-state index in [4.69, 9.17) is 0 Å². The van der Waals surface area contributed by atoms with Crippen LogP contribution in [0.1, 0.15) is 40.0 Å². The lowest BCUT2D eigenvalue weighted by molar-refractivity contribution is -0.124. The van der Waals surface area contributed by atoms with Gasteiger partial charge in [0.25, 0.3) is 0 Å². The highest BCUT2D eigenvalue weighted by molar-refractivity contribution is 5.91. The molecule has 2 N–H and O–H groups in total. The second-order valence-corrected chi connectivity index (χ2v) is 7.54. The SMILES string of the molecule is CC1(C)CC2=C(C=O)[C@@]3(C=O)C[C@@]3(C)[C@@H](O)[C@@]2(O)C1. The van der Waals surface area contributed by atoms with Gasteiger partial charge in [0.2, 0.25) is 0 Å². The largest absolute Gasteiger partial charge is 0.389 e. The zero-order chi connectivity index (χ0) is 14.3. The standard InChI is InChI=1S/C15H20O4/c1-12(2)4-9-10(5-16)14(8-17)7-13(14,3)11(18)15(9,19)6-12/h5,8,11,18-19H,4,6-7H2,1-3H3/t11-,13+,14+,15-/m1/s1. The molecule has 0 bridgehead atoms. The van der Waals surface area contributed by atoms with Gasteiger partial charge in [0.1, 0.15) is 18.2 Å². The lowest BCUT2D eigenvalue weighted by Crippen LogP contribution is -2.52. The predicted molar refractivity (Wildman–Crippen MR) is 68.3 cm³/mol. The summed E-state index contributed by atoms with van der Waals surface area (Å²) in [6.07, 6.45) is 1.96. The number of hydrogen-bond donors (Lipinski definition) is 2. The summed E-state index contributed by atoms with van der Waals surface area (Å²) in [6.45, 7) is 5.80. The summed E-state index contributed by atoms with van der Waals surface area (Å²) in [5.74, 6) is 0. The molecule has 104 valence electrons. The zero-order valence-electron chi connectivity index (χ0n) is 11.6. The highest BCUT2D eigenvalue weighted by atomic mass is 16.3. The first-order chi connectivity index (χ1) is 8.67. The van der Waals surface area contributed by atoms with Crippen molar-refractivity contribution in [2.45, 2.75) is 51.7 Å². The molecule has 0 unspecified atom stereocenters. The number of aliphatic hydroxyl groups is 2. The molecule has 19 heavy (non-hydrogen) atoms. The Morgan fingerprint density at radius 2 is 1.84 bits per heavy atom. The molecular weight excluding hydrogens is 244 g/mol. The van der Waals surface area contributed by atoms with Crippen LogP contribution < -0.4 is 0 Å². The lowest BCUT2D eigenvalue weighted by Gasteiger charge is -2.42. The van der Waals surface area contributed by atoms with Crippen LogP contribution in [0.2, 0.25) is 0 Å². The topological polar surface area (TPSA) is 74.6 Å². The highest BCUT2D eigenvalue weighted by Crippen LogP contribution is 2.75. The van der Waals surface area contributed by atoms with Gasteiger partial charge in [-0.1, -0.05) is 20.8 Å². The first-order valence-electron chi connectivity index (χ1n) is 6.73. The molecule has 0 spiro atoms. The van der Waals surface area contributed by atoms with Crippen LogP contribution >= 0.6 is 0 Å². The predicted octanol–water partition coefficient (Wildman–Crippen LogP) is 1.00. The maximum Gasteiger partial charge on any atom is 0.147 e. The minimum atomic E-state index is -1.35. The molecule has 3 aliphatic rings. The number of allylic oxidation sites excluding steroid dienone is 1. The van der Waals surface area contributed by atoms with E-state index in [1.807, 2.05) is 13.8 Å². The van der Waals surface area contributed by atoms with Gasteiger partial charge in [0, 0.05) is 11.0 Å². The van der Waals surface area contributed by atoms with Gasteiger partial charge >= 0.3 is 0 Å². The van der Waals surface area contributed by atoms with Crippen molar-refractivity contribution in [1.82, 2.24) is 0 Å². The summed E-state index contributed by atoms with van der Waals surface area (Å²) in [5.41, 5.74) is -2.10. The maximum atomic E-state index is 11.5. The Labute approximate surface area is 112 Å². The molecule has 0 saturated heterocycles. The van der Waals surface area contributed by atoms with Crippen LogP contribution in [-0.4, -0.2) is 34.5 Å². The van der Waals surface area contributed by atoms with E-state index in [1.165, 1.54) is 0 Å². The van der Waals surface area contributed by atoms with Crippen molar-refractivity contribution in [3.63, 3.8) is 0 Å². The summed E-state index contributed by atoms with van der Waals surface area (Å²) in [6, 6.07) is 0. The van der Waals surface area contributed by atoms with Gasteiger partial charge in [0.15, 0.2) is 0 Å². The van der Waals surface area contributed by atoms with E-state index in [0.717, 1.165) is 6.29 Å². The van der Waals surface area contributed by atoms with Gasteiger partial charge in [-0.2, -0.15) is 0 Å². The van der Waals surface area contributed by atoms with Crippen molar-refractivity contribution in [1.29, 1.82) is 0 Å². The van der Waals surface area contributed by atoms with Crippen LogP contribution in [0.25, 0.3) is 0 Å². The van der Waals surface area contributed by atoms with Crippen molar-refractivity contribution >= 4 is 12.6 Å². The van der Waals surface area contributed by atoms with E-state index < -0.39 is 22.5 Å². The Balaban J connectivity index is 2.26. The summed E-state index contributed by atoms with van der Waals surface area (Å²) in [7, 11) is 0. The van der Waals surface area contributed by atoms with Crippen molar-refractivity contribution in [3.8, 4) is 0 Å². The number of carbonyl (C=O) groups excluding carboxylic acids is 2. The molecule has 0 aliphatic heterocycles. The average Bonchev–Trinajstić information content (AvgIpc) is 2.85. The minimum Gasteiger partial charge on any atom is -0.389 e. The van der Waals surface area contributed by atoms with Gasteiger partial charge in [-0.05, 0) is 30.3 Å². The van der Waals surface area contributed by atoms with Gasteiger partial charge in [0.05, 0.1) is 11.5 Å². The minimum absolute atomic E-state index is 0.170. The number of aliphatic hydroxyl groups excluding tert-OH is 1. The molecule has 0 heterocycles. The van der Waals surface area contributed by atoms with E-state index in [9.17, 15) is 19.8 Å². The third-order valence-corrected chi connectivity index (χ3v) is 5.65. The van der Waals surface area contributed by atoms with Gasteiger partial charge in [-0.15, -0.1) is 0 Å². The molecule has 2 saturated carbocycles. The number of carbonyl (C=O) groups is 2. The first kappa shape index (κ1) is 13.0. The van der Waals surface area contributed by atoms with E-state index in [2.05, 4.69) is 0 Å². The molecule has 0 amide bonds. The van der Waals surface area contributed by atoms with Crippen molar-refractivity contribution in [2.24, 2.45) is 16.2 Å². The summed E-state index contributed by atoms with van der Waals surface area (Å²) in [4.78, 5) is 23.0. The van der Waals surface area contributed by atoms with Crippen molar-refractivity contribution < 1.29 is 19.8 Å². The average molecular weight is 264 g/mol. The van der Waals surface area contributed by atoms with E-state index >= 15 is 0 Å². The van der Waals surface area contributed by atoms with Crippen LogP contribution in [0.4, 0.5) is 0 Å². The number of hydrogen-bond acceptors (Lipinski definition) is 4. The molecule has 4 nitrogen and oxygen atoms in total. The molecule has 0 aromatic heterocycles. The van der Waals surface area contributed by atoms with E-state index in [-0.39, 0.29) is 5.41 Å². The second-order valence-electron chi connectivity index (χ2n) is 7.54. The molecule has 0 aromatic carbocycles. The molecular formula is C15H20O4. The number of aldehydes is 2. The smallest absolute Gasteiger partial charge is 0.147 e. The molecule has 0 radical (unpaired) electrons. The third-order valence-electron chi connectivity index (χ3n) is 5.65. The van der Waals surface area contributed by atoms with Crippen LogP contribution in [0, 0.1) is 16.2 Å². The monoisotopic (exact) mass is 264 g/mol. The fourth-order valence-corrected chi connectivity index (χ4v) is 4.61. The van der Waals surface area contributed by atoms with Gasteiger partial charge < -0.3 is 15.0 Å². The fraction of sp³-hybridized carbons (Fsp3) is 0.733. The molecule has 0 aromatic rings. The van der Waals surface area contributed by atoms with Gasteiger partial charge in [-0.3, -0.25) is 4.79 Å². The summed E-state index contributed by atoms with van der Waals surface area (Å²) >= 11 is 0. The van der Waals surface area contributed by atoms with Crippen molar-refractivity contribution in [2.75, 3.05) is 0 Å². The fourth-order valence-electron chi connectivity index (χ4n) is 4.61. The Kier molecular flexibility index (Phi) is 2.18. The Bertz CT molecular complexity index is 520. The number of fused-ring (bicyclic) bond motifs is 2. The molecule has 3 rings (SSSR count). The quantitative estimate of drug-likeness (QED) is 0.730. The van der Waals surface area contributed by atoms with E-state index in [0.29, 0.717) is 36.7 Å². The van der Waals surface area contributed by atoms with Crippen LogP contribution in [0.3, 0.4) is 0 Å². The maximum absolute atomic E-state index is 11.5. The summed E-state index contributed by atoms with van der Waals surface area (Å²) < 4.78 is 0. The third kappa shape index (κ3) is 1.22. The molecule has 4 atom stereocenters. The molecule has 4 heteroatoms. The normalized spacial score (nSPS) is 50.5. The van der Waals surface area contributed by atoms with Gasteiger partial charge in [-0.25, -0.2) is 0 Å². The Morgan fingerprint density at radius 3 is 2.37 bits per heavy atom. The molecule has 3 aliphatic carbocycles. The summed E-state index contributed by atoms with van der Waals surface area (Å²) in [5, 5.41) is 21.5. The van der Waals surface area contributed by atoms with Crippen LogP contribution in [0.5, 0.6) is 0 Å². The lowest BCUT2D eigenvalue weighted by atomic mass is 9.68. The van der Waals surface area contributed by atoms with Crippen molar-refractivity contribution in [3.05, 3.63) is 11.1 Å². The number of rotatable bonds is 2. The van der Waals surface area contributed by atoms with Crippen LogP contribution in [0.15, 0.2) is 11.1 Å². The van der Waals surface area contributed by atoms with E-state index in [1.54, 1.807) is 6.92 Å².